The molecule has 0 spiro atoms. The van der Waals surface area contributed by atoms with E-state index in [1.165, 1.54) is 11.1 Å². The van der Waals surface area contributed by atoms with Gasteiger partial charge in [0.15, 0.2) is 5.82 Å². The van der Waals surface area contributed by atoms with Crippen LogP contribution in [-0.4, -0.2) is 24.1 Å². The van der Waals surface area contributed by atoms with Gasteiger partial charge in [0, 0.05) is 27.1 Å². The Bertz CT molecular complexity index is 3200. The van der Waals surface area contributed by atoms with Gasteiger partial charge in [-0.25, -0.2) is 0 Å². The first-order chi connectivity index (χ1) is 27.8. The highest BCUT2D eigenvalue weighted by molar-refractivity contribution is 6.10. The Morgan fingerprint density at radius 2 is 0.625 bits per heavy atom. The Morgan fingerprint density at radius 3 is 1.16 bits per heavy atom. The average molecular weight is 716 g/mol. The quantitative estimate of drug-likeness (QED) is 0.172. The first-order valence-corrected chi connectivity index (χ1v) is 18.9. The van der Waals surface area contributed by atoms with Gasteiger partial charge in [0.25, 0.3) is 0 Å². The molecule has 0 aliphatic heterocycles. The predicted octanol–water partition coefficient (Wildman–Crippen LogP) is 12.7. The maximum atomic E-state index is 5.38. The van der Waals surface area contributed by atoms with Crippen molar-refractivity contribution in [2.45, 2.75) is 0 Å². The van der Waals surface area contributed by atoms with Crippen LogP contribution in [0, 0.1) is 0 Å². The molecule has 11 aromatic rings. The van der Waals surface area contributed by atoms with Crippen LogP contribution >= 0.6 is 0 Å². The minimum absolute atomic E-state index is 0.555. The standard InChI is InChI=1S/C51H33N5/c1-3-15-34(16-4-1)36-19-13-20-37(31-36)38-21-14-22-40(32-38)49-52-50(55-45-26-10-7-23-41(45)42-24-8-11-27-46(42)55)54-51(53-49)56-47-28-12-9-25-43(47)44-30-29-39(33-48(44)56)35-17-5-2-6-18-35/h1-33H. The van der Waals surface area contributed by atoms with Crippen LogP contribution in [0.25, 0.3) is 100 Å². The Hall–Kier alpha value is -7.63. The average Bonchev–Trinajstić information content (AvgIpc) is 3.80. The van der Waals surface area contributed by atoms with Gasteiger partial charge in [0.2, 0.25) is 11.9 Å². The smallest absolute Gasteiger partial charge is 0.240 e. The molecule has 5 heteroatoms. The second-order valence-electron chi connectivity index (χ2n) is 14.1. The summed E-state index contributed by atoms with van der Waals surface area (Å²) in [7, 11) is 0. The van der Waals surface area contributed by atoms with E-state index in [0.717, 1.165) is 71.4 Å². The summed E-state index contributed by atoms with van der Waals surface area (Å²) in [4.78, 5) is 16.0. The number of para-hydroxylation sites is 3. The third-order valence-corrected chi connectivity index (χ3v) is 10.8. The molecular weight excluding hydrogens is 683 g/mol. The number of hydrogen-bond donors (Lipinski definition) is 0. The molecule has 0 saturated carbocycles. The fourth-order valence-corrected chi connectivity index (χ4v) is 8.16. The van der Waals surface area contributed by atoms with E-state index < -0.39 is 0 Å². The van der Waals surface area contributed by atoms with Crippen molar-refractivity contribution < 1.29 is 0 Å². The number of fused-ring (bicyclic) bond motifs is 6. The molecule has 0 radical (unpaired) electrons. The molecule has 0 unspecified atom stereocenters. The van der Waals surface area contributed by atoms with Crippen LogP contribution < -0.4 is 0 Å². The van der Waals surface area contributed by atoms with Crippen molar-refractivity contribution in [2.75, 3.05) is 0 Å². The molecule has 56 heavy (non-hydrogen) atoms. The number of rotatable bonds is 6. The lowest BCUT2D eigenvalue weighted by atomic mass is 9.98. The van der Waals surface area contributed by atoms with Crippen LogP contribution in [0.3, 0.4) is 0 Å². The molecule has 11 rings (SSSR count). The van der Waals surface area contributed by atoms with Gasteiger partial charge in [-0.2, -0.15) is 15.0 Å². The van der Waals surface area contributed by atoms with Gasteiger partial charge >= 0.3 is 0 Å². The molecular formula is C51H33N5. The van der Waals surface area contributed by atoms with Crippen molar-refractivity contribution >= 4 is 43.6 Å². The van der Waals surface area contributed by atoms with E-state index in [4.69, 9.17) is 15.0 Å². The molecule has 0 saturated heterocycles. The Kier molecular flexibility index (Phi) is 7.42. The monoisotopic (exact) mass is 715 g/mol. The second kappa shape index (κ2) is 13.0. The van der Waals surface area contributed by atoms with E-state index in [-0.39, 0.29) is 0 Å². The van der Waals surface area contributed by atoms with E-state index in [0.29, 0.717) is 17.7 Å². The fourth-order valence-electron chi connectivity index (χ4n) is 8.16. The molecule has 0 atom stereocenters. The van der Waals surface area contributed by atoms with Gasteiger partial charge in [-0.3, -0.25) is 9.13 Å². The number of nitrogens with zero attached hydrogens (tertiary/aromatic N) is 5. The molecule has 0 fully saturated rings. The molecule has 0 bridgehead atoms. The van der Waals surface area contributed by atoms with Crippen LogP contribution in [-0.2, 0) is 0 Å². The summed E-state index contributed by atoms with van der Waals surface area (Å²) in [5.41, 5.74) is 11.9. The number of aromatic nitrogens is 5. The zero-order valence-electron chi connectivity index (χ0n) is 30.3. The first kappa shape index (κ1) is 31.9. The highest BCUT2D eigenvalue weighted by Gasteiger charge is 2.21. The van der Waals surface area contributed by atoms with Gasteiger partial charge in [-0.05, 0) is 69.8 Å². The van der Waals surface area contributed by atoms with Crippen molar-refractivity contribution in [3.63, 3.8) is 0 Å². The largest absolute Gasteiger partial charge is 0.278 e. The summed E-state index contributed by atoms with van der Waals surface area (Å²) < 4.78 is 4.38. The topological polar surface area (TPSA) is 48.5 Å². The number of benzene rings is 8. The van der Waals surface area contributed by atoms with Gasteiger partial charge < -0.3 is 0 Å². The van der Waals surface area contributed by atoms with Crippen LogP contribution in [0.15, 0.2) is 200 Å². The maximum Gasteiger partial charge on any atom is 0.240 e. The van der Waals surface area contributed by atoms with Crippen molar-refractivity contribution in [1.29, 1.82) is 0 Å². The normalized spacial score (nSPS) is 11.6. The molecule has 262 valence electrons. The summed E-state index contributed by atoms with van der Waals surface area (Å²) in [5, 5.41) is 4.58. The lowest BCUT2D eigenvalue weighted by Crippen LogP contribution is -2.10. The maximum absolute atomic E-state index is 5.38. The fraction of sp³-hybridized carbons (Fsp3) is 0. The van der Waals surface area contributed by atoms with Crippen LogP contribution in [0.1, 0.15) is 0 Å². The van der Waals surface area contributed by atoms with Crippen molar-refractivity contribution in [3.05, 3.63) is 200 Å². The zero-order valence-corrected chi connectivity index (χ0v) is 30.3. The van der Waals surface area contributed by atoms with Crippen molar-refractivity contribution in [2.24, 2.45) is 0 Å². The Balaban J connectivity index is 1.17. The van der Waals surface area contributed by atoms with Crippen LogP contribution in [0.4, 0.5) is 0 Å². The molecule has 3 heterocycles. The minimum atomic E-state index is 0.555. The van der Waals surface area contributed by atoms with Gasteiger partial charge in [0.05, 0.1) is 22.1 Å². The van der Waals surface area contributed by atoms with E-state index >= 15 is 0 Å². The summed E-state index contributed by atoms with van der Waals surface area (Å²) in [6.45, 7) is 0. The molecule has 5 nitrogen and oxygen atoms in total. The summed E-state index contributed by atoms with van der Waals surface area (Å²) in [6, 6.07) is 70.4. The van der Waals surface area contributed by atoms with Crippen LogP contribution in [0.2, 0.25) is 0 Å². The Morgan fingerprint density at radius 1 is 0.250 bits per heavy atom. The third-order valence-electron chi connectivity index (χ3n) is 10.8. The SMILES string of the molecule is c1ccc(-c2cccc(-c3cccc(-c4nc(-n5c6ccccc6c6ccccc65)nc(-n5c6ccccc6c6ccc(-c7ccccc7)cc65)n4)c3)c2)cc1. The van der Waals surface area contributed by atoms with E-state index in [1.807, 2.05) is 0 Å². The minimum Gasteiger partial charge on any atom is -0.278 e. The van der Waals surface area contributed by atoms with E-state index in [9.17, 15) is 0 Å². The lowest BCUT2D eigenvalue weighted by Gasteiger charge is -2.13. The molecule has 8 aromatic carbocycles. The molecule has 0 amide bonds. The third kappa shape index (κ3) is 5.29. The van der Waals surface area contributed by atoms with Crippen molar-refractivity contribution in [1.82, 2.24) is 24.1 Å². The predicted molar refractivity (Wildman–Crippen MR) is 230 cm³/mol. The highest BCUT2D eigenvalue weighted by Crippen LogP contribution is 2.37. The van der Waals surface area contributed by atoms with Crippen LogP contribution in [0.5, 0.6) is 0 Å². The van der Waals surface area contributed by atoms with E-state index in [2.05, 4.69) is 209 Å². The highest BCUT2D eigenvalue weighted by atomic mass is 15.3. The molecule has 3 aromatic heterocycles. The second-order valence-corrected chi connectivity index (χ2v) is 14.1. The first-order valence-electron chi connectivity index (χ1n) is 18.9. The van der Waals surface area contributed by atoms with Gasteiger partial charge in [-0.1, -0.05) is 164 Å². The Labute approximate surface area is 323 Å². The van der Waals surface area contributed by atoms with Gasteiger partial charge in [-0.15, -0.1) is 0 Å². The molecule has 0 N–H and O–H groups in total. The van der Waals surface area contributed by atoms with Gasteiger partial charge in [0.1, 0.15) is 0 Å². The number of hydrogen-bond acceptors (Lipinski definition) is 3. The summed E-state index contributed by atoms with van der Waals surface area (Å²) >= 11 is 0. The van der Waals surface area contributed by atoms with E-state index in [1.54, 1.807) is 0 Å². The molecule has 0 aliphatic carbocycles. The zero-order chi connectivity index (χ0) is 37.0. The summed E-state index contributed by atoms with van der Waals surface area (Å²) in [5.74, 6) is 1.71. The summed E-state index contributed by atoms with van der Waals surface area (Å²) in [6.07, 6.45) is 0. The molecule has 0 aliphatic rings. The van der Waals surface area contributed by atoms with Crippen molar-refractivity contribution in [3.8, 4) is 56.7 Å². The lowest BCUT2D eigenvalue weighted by molar-refractivity contribution is 0.893.